The summed E-state index contributed by atoms with van der Waals surface area (Å²) >= 11 is 0. The molecule has 1 N–H and O–H groups in total. The zero-order valence-corrected chi connectivity index (χ0v) is 8.02. The van der Waals surface area contributed by atoms with E-state index in [1.54, 1.807) is 12.1 Å². The first kappa shape index (κ1) is 10.1. The largest absolute Gasteiger partial charge is 0.459 e. The van der Waals surface area contributed by atoms with Crippen molar-refractivity contribution in [2.45, 2.75) is 18.4 Å². The molecule has 1 aromatic rings. The molecule has 0 radical (unpaired) electrons. The minimum Gasteiger partial charge on any atom is -0.459 e. The molecule has 2 atom stereocenters. The highest BCUT2D eigenvalue weighted by Crippen LogP contribution is 2.31. The van der Waals surface area contributed by atoms with Crippen LogP contribution in [0.1, 0.15) is 17.9 Å². The minimum atomic E-state index is -0.497. The summed E-state index contributed by atoms with van der Waals surface area (Å²) in [5.74, 6) is -0.795. The fraction of sp³-hybridized carbons (Fsp3) is 0.364. The summed E-state index contributed by atoms with van der Waals surface area (Å²) in [5, 5.41) is 9.02. The lowest BCUT2D eigenvalue weighted by Crippen LogP contribution is -2.18. The summed E-state index contributed by atoms with van der Waals surface area (Å²) in [6.45, 7) is -0.201. The second-order valence-corrected chi connectivity index (χ2v) is 3.57. The number of carbonyl (C=O) groups excluding carboxylic acids is 1. The van der Waals surface area contributed by atoms with Crippen LogP contribution in [0.4, 0.5) is 4.39 Å². The normalized spacial score (nSPS) is 25.3. The monoisotopic (exact) mass is 210 g/mol. The molecule has 1 saturated heterocycles. The number of rotatable bonds is 2. The van der Waals surface area contributed by atoms with Gasteiger partial charge < -0.3 is 9.84 Å². The van der Waals surface area contributed by atoms with E-state index in [4.69, 9.17) is 9.84 Å². The van der Waals surface area contributed by atoms with E-state index in [9.17, 15) is 9.18 Å². The topological polar surface area (TPSA) is 46.5 Å². The lowest BCUT2D eigenvalue weighted by Gasteiger charge is -2.14. The molecule has 0 bridgehead atoms. The average molecular weight is 210 g/mol. The molecule has 3 nitrogen and oxygen atoms in total. The number of hydrogen-bond acceptors (Lipinski definition) is 3. The molecule has 0 saturated carbocycles. The van der Waals surface area contributed by atoms with Crippen LogP contribution in [-0.4, -0.2) is 23.8 Å². The number of ether oxygens (including phenoxy) is 1. The fourth-order valence-corrected chi connectivity index (χ4v) is 1.82. The van der Waals surface area contributed by atoms with Crippen molar-refractivity contribution in [3.05, 3.63) is 35.6 Å². The number of benzene rings is 1. The van der Waals surface area contributed by atoms with E-state index >= 15 is 0 Å². The first-order chi connectivity index (χ1) is 7.20. The second kappa shape index (κ2) is 3.98. The van der Waals surface area contributed by atoms with Crippen LogP contribution in [0.3, 0.4) is 0 Å². The van der Waals surface area contributed by atoms with Crippen LogP contribution in [-0.2, 0) is 9.53 Å². The van der Waals surface area contributed by atoms with E-state index in [0.29, 0.717) is 0 Å². The maximum Gasteiger partial charge on any atom is 0.306 e. The third kappa shape index (κ3) is 1.99. The molecule has 0 amide bonds. The van der Waals surface area contributed by atoms with Crippen molar-refractivity contribution in [3.63, 3.8) is 0 Å². The lowest BCUT2D eigenvalue weighted by atomic mass is 9.93. The van der Waals surface area contributed by atoms with Crippen LogP contribution >= 0.6 is 0 Å². The van der Waals surface area contributed by atoms with E-state index in [1.807, 2.05) is 0 Å². The zero-order chi connectivity index (χ0) is 10.8. The number of aliphatic hydroxyl groups is 1. The summed E-state index contributed by atoms with van der Waals surface area (Å²) in [7, 11) is 0. The number of hydrogen-bond donors (Lipinski definition) is 1. The van der Waals surface area contributed by atoms with Gasteiger partial charge in [-0.05, 0) is 17.7 Å². The van der Waals surface area contributed by atoms with E-state index in [-0.39, 0.29) is 30.7 Å². The van der Waals surface area contributed by atoms with Gasteiger partial charge in [-0.25, -0.2) is 4.39 Å². The van der Waals surface area contributed by atoms with Gasteiger partial charge in [0.25, 0.3) is 0 Å². The van der Waals surface area contributed by atoms with Crippen molar-refractivity contribution < 1.29 is 19.0 Å². The van der Waals surface area contributed by atoms with Crippen molar-refractivity contribution in [2.24, 2.45) is 0 Å². The maximum absolute atomic E-state index is 12.7. The first-order valence-electron chi connectivity index (χ1n) is 4.76. The van der Waals surface area contributed by atoms with Crippen LogP contribution in [0.15, 0.2) is 24.3 Å². The van der Waals surface area contributed by atoms with Crippen LogP contribution in [0, 0.1) is 5.82 Å². The Balaban J connectivity index is 2.22. The molecule has 0 spiro atoms. The highest BCUT2D eigenvalue weighted by atomic mass is 19.1. The average Bonchev–Trinajstić information content (AvgIpc) is 2.61. The molecule has 1 aliphatic rings. The maximum atomic E-state index is 12.7. The molecule has 0 aromatic heterocycles. The number of aliphatic hydroxyl groups excluding tert-OH is 1. The molecule has 80 valence electrons. The standard InChI is InChI=1S/C11H11FO3/c12-8-3-1-7(2-4-8)9-5-11(14)15-10(9)6-13/h1-4,9-10,13H,5-6H2/t9-,10+/m0/s1. The number of halogens is 1. The Hall–Kier alpha value is -1.42. The van der Waals surface area contributed by atoms with Crippen molar-refractivity contribution in [1.29, 1.82) is 0 Å². The van der Waals surface area contributed by atoms with Gasteiger partial charge in [0, 0.05) is 5.92 Å². The van der Waals surface area contributed by atoms with Gasteiger partial charge in [0.15, 0.2) is 0 Å². The highest BCUT2D eigenvalue weighted by molar-refractivity contribution is 5.73. The van der Waals surface area contributed by atoms with E-state index in [1.165, 1.54) is 12.1 Å². The van der Waals surface area contributed by atoms with Gasteiger partial charge in [0.05, 0.1) is 13.0 Å². The number of esters is 1. The summed E-state index contributed by atoms with van der Waals surface area (Å²) in [5.41, 5.74) is 0.821. The van der Waals surface area contributed by atoms with Crippen molar-refractivity contribution >= 4 is 5.97 Å². The fourth-order valence-electron chi connectivity index (χ4n) is 1.82. The smallest absolute Gasteiger partial charge is 0.306 e. The Kier molecular flexibility index (Phi) is 2.68. The first-order valence-corrected chi connectivity index (χ1v) is 4.76. The quantitative estimate of drug-likeness (QED) is 0.746. The molecule has 1 fully saturated rings. The molecule has 0 aliphatic carbocycles. The van der Waals surface area contributed by atoms with Crippen molar-refractivity contribution in [2.75, 3.05) is 6.61 Å². The summed E-state index contributed by atoms with van der Waals surface area (Å²) in [6.07, 6.45) is -0.250. The van der Waals surface area contributed by atoms with E-state index in [0.717, 1.165) is 5.56 Å². The third-order valence-corrected chi connectivity index (χ3v) is 2.60. The van der Waals surface area contributed by atoms with Gasteiger partial charge in [-0.15, -0.1) is 0 Å². The second-order valence-electron chi connectivity index (χ2n) is 3.57. The van der Waals surface area contributed by atoms with Crippen molar-refractivity contribution in [1.82, 2.24) is 0 Å². The minimum absolute atomic E-state index is 0.164. The molecule has 15 heavy (non-hydrogen) atoms. The van der Waals surface area contributed by atoms with Gasteiger partial charge in [0.2, 0.25) is 0 Å². The molecule has 1 aromatic carbocycles. The van der Waals surface area contributed by atoms with Crippen LogP contribution in [0.25, 0.3) is 0 Å². The van der Waals surface area contributed by atoms with Gasteiger partial charge in [-0.3, -0.25) is 4.79 Å². The lowest BCUT2D eigenvalue weighted by molar-refractivity contribution is -0.142. The summed E-state index contributed by atoms with van der Waals surface area (Å²) in [4.78, 5) is 11.1. The Morgan fingerprint density at radius 3 is 2.67 bits per heavy atom. The van der Waals surface area contributed by atoms with Gasteiger partial charge >= 0.3 is 5.97 Å². The van der Waals surface area contributed by atoms with Gasteiger partial charge in [0.1, 0.15) is 11.9 Å². The van der Waals surface area contributed by atoms with E-state index < -0.39 is 6.10 Å². The number of cyclic esters (lactones) is 1. The SMILES string of the molecule is O=C1C[C@@H](c2ccc(F)cc2)[C@@H](CO)O1. The van der Waals surface area contributed by atoms with Crippen LogP contribution in [0.2, 0.25) is 0 Å². The van der Waals surface area contributed by atoms with Gasteiger partial charge in [-0.2, -0.15) is 0 Å². The zero-order valence-electron chi connectivity index (χ0n) is 8.02. The molecule has 1 aliphatic heterocycles. The molecular formula is C11H11FO3. The predicted molar refractivity (Wildman–Crippen MR) is 50.7 cm³/mol. The molecule has 4 heteroatoms. The van der Waals surface area contributed by atoms with Crippen LogP contribution < -0.4 is 0 Å². The van der Waals surface area contributed by atoms with E-state index in [2.05, 4.69) is 0 Å². The van der Waals surface area contributed by atoms with Crippen LogP contribution in [0.5, 0.6) is 0 Å². The Morgan fingerprint density at radius 2 is 2.07 bits per heavy atom. The predicted octanol–water partition coefficient (Wildman–Crippen LogP) is 1.22. The summed E-state index contributed by atoms with van der Waals surface area (Å²) < 4.78 is 17.6. The highest BCUT2D eigenvalue weighted by Gasteiger charge is 2.35. The van der Waals surface area contributed by atoms with Crippen molar-refractivity contribution in [3.8, 4) is 0 Å². The molecular weight excluding hydrogens is 199 g/mol. The number of carbonyl (C=O) groups is 1. The molecule has 1 heterocycles. The van der Waals surface area contributed by atoms with Gasteiger partial charge in [-0.1, -0.05) is 12.1 Å². The molecule has 2 rings (SSSR count). The Morgan fingerprint density at radius 1 is 1.40 bits per heavy atom. The Labute approximate surface area is 86.5 Å². The third-order valence-electron chi connectivity index (χ3n) is 2.60. The Bertz CT molecular complexity index is 361. The summed E-state index contributed by atoms with van der Waals surface area (Å²) in [6, 6.07) is 5.91. The molecule has 0 unspecified atom stereocenters.